The second-order valence-electron chi connectivity index (χ2n) is 7.99. The van der Waals surface area contributed by atoms with Crippen LogP contribution in [-0.4, -0.2) is 25.7 Å². The van der Waals surface area contributed by atoms with Gasteiger partial charge >= 0.3 is 0 Å². The van der Waals surface area contributed by atoms with Crippen molar-refractivity contribution in [1.29, 1.82) is 0 Å². The molecule has 0 nitrogen and oxygen atoms in total. The summed E-state index contributed by atoms with van der Waals surface area (Å²) in [5.74, 6) is 0. The summed E-state index contributed by atoms with van der Waals surface area (Å²) in [6.45, 7) is 14.8. The fourth-order valence-electron chi connectivity index (χ4n) is 3.02. The predicted octanol–water partition coefficient (Wildman–Crippen LogP) is 1.90. The van der Waals surface area contributed by atoms with Gasteiger partial charge in [0.2, 0.25) is 0 Å². The van der Waals surface area contributed by atoms with Gasteiger partial charge in [-0.3, -0.25) is 0 Å². The molecule has 0 bridgehead atoms. The van der Waals surface area contributed by atoms with Gasteiger partial charge in [-0.25, -0.2) is 0 Å². The number of rotatable bonds is 4. The molecule has 2 aromatic carbocycles. The maximum absolute atomic E-state index is 2.46. The Morgan fingerprint density at radius 2 is 0.905 bits per heavy atom. The molecule has 0 saturated heterocycles. The summed E-state index contributed by atoms with van der Waals surface area (Å²) in [6.07, 6.45) is 0. The van der Waals surface area contributed by atoms with Gasteiger partial charge in [0.05, 0.1) is 25.7 Å². The van der Waals surface area contributed by atoms with Crippen molar-refractivity contribution < 1.29 is 0 Å². The Hall–Kier alpha value is -0.909. The average molecular weight is 329 g/mol. The quantitative estimate of drug-likeness (QED) is 0.752. The average Bonchev–Trinajstić information content (AvgIpc) is 2.37. The zero-order valence-electron chi connectivity index (χ0n) is 14.3. The SMILES string of the molecule is C[Si](C)(C)c1ccccc1[SiH2]c1ccccc1[Si](C)(C)C. The Labute approximate surface area is 134 Å². The first kappa shape index (κ1) is 16.5. The third-order valence-electron chi connectivity index (χ3n) is 4.03. The number of hydrogen-bond acceptors (Lipinski definition) is 0. The first-order valence-electron chi connectivity index (χ1n) is 7.86. The van der Waals surface area contributed by atoms with E-state index >= 15 is 0 Å². The van der Waals surface area contributed by atoms with E-state index in [-0.39, 0.29) is 9.52 Å². The maximum atomic E-state index is 2.46. The lowest BCUT2D eigenvalue weighted by Crippen LogP contribution is -2.56. The Bertz CT molecular complexity index is 563. The molecule has 3 heteroatoms. The minimum absolute atomic E-state index is 0.382. The van der Waals surface area contributed by atoms with Gasteiger partial charge in [0.25, 0.3) is 0 Å². The molecule has 0 unspecified atom stereocenters. The van der Waals surface area contributed by atoms with Gasteiger partial charge in [0.15, 0.2) is 0 Å². The predicted molar refractivity (Wildman–Crippen MR) is 107 cm³/mol. The van der Waals surface area contributed by atoms with E-state index in [1.165, 1.54) is 0 Å². The summed E-state index contributed by atoms with van der Waals surface area (Å²) < 4.78 is 0. The summed E-state index contributed by atoms with van der Waals surface area (Å²) >= 11 is 0. The zero-order valence-corrected chi connectivity index (χ0v) is 17.7. The number of hydrogen-bond donors (Lipinski definition) is 0. The first-order chi connectivity index (χ1) is 9.69. The van der Waals surface area contributed by atoms with Gasteiger partial charge in [-0.05, 0) is 0 Å². The Morgan fingerprint density at radius 1 is 0.571 bits per heavy atom. The van der Waals surface area contributed by atoms with Crippen LogP contribution in [0.15, 0.2) is 48.5 Å². The molecule has 2 aromatic rings. The Balaban J connectivity index is 2.45. The highest BCUT2D eigenvalue weighted by atomic mass is 28.3. The van der Waals surface area contributed by atoms with Gasteiger partial charge < -0.3 is 0 Å². The van der Waals surface area contributed by atoms with Gasteiger partial charge in [-0.1, -0.05) is 109 Å². The van der Waals surface area contributed by atoms with Gasteiger partial charge in [-0.15, -0.1) is 0 Å². The van der Waals surface area contributed by atoms with E-state index in [0.29, 0.717) is 0 Å². The molecule has 0 amide bonds. The molecule has 21 heavy (non-hydrogen) atoms. The lowest BCUT2D eigenvalue weighted by Gasteiger charge is -2.24. The molecule has 0 aliphatic rings. The van der Waals surface area contributed by atoms with Crippen molar-refractivity contribution in [2.45, 2.75) is 39.3 Å². The van der Waals surface area contributed by atoms with Crippen LogP contribution in [0.2, 0.25) is 39.3 Å². The van der Waals surface area contributed by atoms with E-state index in [9.17, 15) is 0 Å². The van der Waals surface area contributed by atoms with Gasteiger partial charge in [0, 0.05) is 0 Å². The smallest absolute Gasteiger partial charge is 0.0656 e. The van der Waals surface area contributed by atoms with Crippen LogP contribution in [0.5, 0.6) is 0 Å². The summed E-state index contributed by atoms with van der Waals surface area (Å²) in [6, 6.07) is 18.4. The minimum Gasteiger partial charge on any atom is -0.0656 e. The highest BCUT2D eigenvalue weighted by Crippen LogP contribution is 2.02. The normalized spacial score (nSPS) is 12.5. The van der Waals surface area contributed by atoms with Crippen molar-refractivity contribution in [3.63, 3.8) is 0 Å². The van der Waals surface area contributed by atoms with Gasteiger partial charge in [0.1, 0.15) is 0 Å². The van der Waals surface area contributed by atoms with Crippen LogP contribution in [0.1, 0.15) is 0 Å². The lowest BCUT2D eigenvalue weighted by atomic mass is 10.3. The maximum Gasteiger partial charge on any atom is 0.0872 e. The van der Waals surface area contributed by atoms with E-state index in [4.69, 9.17) is 0 Å². The van der Waals surface area contributed by atoms with Crippen molar-refractivity contribution in [2.24, 2.45) is 0 Å². The minimum atomic E-state index is -1.25. The molecule has 0 N–H and O–H groups in total. The van der Waals surface area contributed by atoms with Crippen LogP contribution in [0.25, 0.3) is 0 Å². The van der Waals surface area contributed by atoms with Crippen molar-refractivity contribution >= 4 is 46.4 Å². The summed E-state index contributed by atoms with van der Waals surface area (Å²) in [5.41, 5.74) is 0. The van der Waals surface area contributed by atoms with Crippen LogP contribution < -0.4 is 20.7 Å². The van der Waals surface area contributed by atoms with Crippen LogP contribution in [0, 0.1) is 0 Å². The van der Waals surface area contributed by atoms with E-state index in [0.717, 1.165) is 0 Å². The van der Waals surface area contributed by atoms with Crippen LogP contribution >= 0.6 is 0 Å². The van der Waals surface area contributed by atoms with E-state index in [2.05, 4.69) is 87.8 Å². The third-order valence-corrected chi connectivity index (χ3v) is 10.9. The molecule has 0 aliphatic heterocycles. The Kier molecular flexibility index (Phi) is 4.76. The lowest BCUT2D eigenvalue weighted by molar-refractivity contribution is 1.70. The molecule has 0 fully saturated rings. The molecule has 0 saturated carbocycles. The monoisotopic (exact) mass is 328 g/mol. The Morgan fingerprint density at radius 3 is 1.24 bits per heavy atom. The standard InChI is InChI=1S/C18H28Si3/c1-20(2,3)17-13-9-7-11-15(17)19-16-12-8-10-14-18(16)21(4,5)6/h7-14H,19H2,1-6H3. The molecule has 0 spiro atoms. The summed E-state index contributed by atoms with van der Waals surface area (Å²) in [7, 11) is -2.88. The first-order valence-corrected chi connectivity index (χ1v) is 16.3. The molecule has 0 aromatic heterocycles. The summed E-state index contributed by atoms with van der Waals surface area (Å²) in [4.78, 5) is 0. The van der Waals surface area contributed by atoms with Crippen LogP contribution in [0.4, 0.5) is 0 Å². The molecule has 0 atom stereocenters. The van der Waals surface area contributed by atoms with Crippen molar-refractivity contribution in [2.75, 3.05) is 0 Å². The van der Waals surface area contributed by atoms with E-state index in [1.54, 1.807) is 20.7 Å². The fourth-order valence-corrected chi connectivity index (χ4v) is 11.6. The molecule has 0 heterocycles. The number of benzene rings is 2. The van der Waals surface area contributed by atoms with Crippen molar-refractivity contribution in [3.8, 4) is 0 Å². The molecule has 0 aliphatic carbocycles. The van der Waals surface area contributed by atoms with Crippen molar-refractivity contribution in [1.82, 2.24) is 0 Å². The highest BCUT2D eigenvalue weighted by Gasteiger charge is 2.23. The van der Waals surface area contributed by atoms with Crippen molar-refractivity contribution in [3.05, 3.63) is 48.5 Å². The molecule has 2 rings (SSSR count). The molecular formula is C18H28Si3. The second kappa shape index (κ2) is 6.07. The topological polar surface area (TPSA) is 0 Å². The molecule has 112 valence electrons. The third kappa shape index (κ3) is 4.05. The molecular weight excluding hydrogens is 300 g/mol. The largest absolute Gasteiger partial charge is 0.0872 e. The zero-order chi connectivity index (χ0) is 15.7. The van der Waals surface area contributed by atoms with E-state index in [1.807, 2.05) is 0 Å². The van der Waals surface area contributed by atoms with Crippen LogP contribution in [-0.2, 0) is 0 Å². The highest BCUT2D eigenvalue weighted by molar-refractivity contribution is 6.95. The summed E-state index contributed by atoms with van der Waals surface area (Å²) in [5, 5.41) is 6.67. The second-order valence-corrected chi connectivity index (χ2v) is 19.9. The molecule has 0 radical (unpaired) electrons. The van der Waals surface area contributed by atoms with E-state index < -0.39 is 16.1 Å². The van der Waals surface area contributed by atoms with Crippen LogP contribution in [0.3, 0.4) is 0 Å². The fraction of sp³-hybridized carbons (Fsp3) is 0.333. The van der Waals surface area contributed by atoms with Gasteiger partial charge in [-0.2, -0.15) is 0 Å².